The second kappa shape index (κ2) is 14.1. The summed E-state index contributed by atoms with van der Waals surface area (Å²) in [5.74, 6) is 0.446. The number of aryl methyl sites for hydroxylation is 1. The van der Waals surface area contributed by atoms with Crippen LogP contribution < -0.4 is 5.19 Å². The molecule has 0 saturated heterocycles. The van der Waals surface area contributed by atoms with Crippen molar-refractivity contribution < 1.29 is 24.5 Å². The van der Waals surface area contributed by atoms with Gasteiger partial charge in [-0.1, -0.05) is 116 Å². The van der Waals surface area contributed by atoms with Crippen molar-refractivity contribution >= 4 is 35.2 Å². The van der Waals surface area contributed by atoms with Crippen LogP contribution >= 0.6 is 0 Å². The minimum absolute atomic E-state index is 0. The molecule has 5 heteroatoms. The molecule has 0 aliphatic heterocycles. The number of aromatic nitrogens is 2. The fourth-order valence-corrected chi connectivity index (χ4v) is 7.49. The van der Waals surface area contributed by atoms with Crippen molar-refractivity contribution in [3.05, 3.63) is 139 Å². The molecule has 0 unspecified atom stereocenters. The minimum atomic E-state index is -1.27. The number of hydrogen-bond acceptors (Lipinski definition) is 3. The van der Waals surface area contributed by atoms with Gasteiger partial charge in [-0.15, -0.1) is 54.1 Å². The summed E-state index contributed by atoms with van der Waals surface area (Å²) in [5, 5.41) is 3.65. The van der Waals surface area contributed by atoms with Crippen LogP contribution in [0, 0.1) is 19.1 Å². The molecule has 7 rings (SSSR count). The van der Waals surface area contributed by atoms with E-state index in [9.17, 15) is 0 Å². The summed E-state index contributed by atoms with van der Waals surface area (Å²) in [5.41, 5.74) is 10.5. The Kier molecular flexibility index (Phi) is 10.2. The van der Waals surface area contributed by atoms with E-state index in [4.69, 9.17) is 4.42 Å². The molecular weight excluding hydrogens is 757 g/mol. The molecule has 0 amide bonds. The van der Waals surface area contributed by atoms with E-state index in [-0.39, 0.29) is 20.1 Å². The minimum Gasteiger partial charge on any atom is -0.500 e. The van der Waals surface area contributed by atoms with Crippen molar-refractivity contribution in [3.8, 4) is 33.6 Å². The zero-order chi connectivity index (χ0) is 31.6. The summed E-state index contributed by atoms with van der Waals surface area (Å²) < 4.78 is 6.45. The third kappa shape index (κ3) is 6.98. The quantitative estimate of drug-likeness (QED) is 0.129. The molecule has 0 aliphatic carbocycles. The van der Waals surface area contributed by atoms with Crippen LogP contribution in [0.4, 0.5) is 0 Å². The predicted octanol–water partition coefficient (Wildman–Crippen LogP) is 10.6. The predicted molar refractivity (Wildman–Crippen MR) is 192 cm³/mol. The summed E-state index contributed by atoms with van der Waals surface area (Å²) in [6, 6.07) is 41.7. The number of fused-ring (bicyclic) bond motifs is 3. The average Bonchev–Trinajstić information content (AvgIpc) is 3.44. The Bertz CT molecular complexity index is 2080. The van der Waals surface area contributed by atoms with Gasteiger partial charge in [0.1, 0.15) is 5.58 Å². The Morgan fingerprint density at radius 3 is 2.17 bits per heavy atom. The van der Waals surface area contributed by atoms with Gasteiger partial charge in [0, 0.05) is 43.4 Å². The number of para-hydroxylation sites is 1. The number of benzene rings is 4. The van der Waals surface area contributed by atoms with Crippen molar-refractivity contribution in [1.29, 1.82) is 0 Å². The fourth-order valence-electron chi connectivity index (χ4n) is 5.78. The SMILES string of the molecule is CC(C)c1ccnc(-c2[c-]ccc3c2oc2c(-c4ccccc4)cccc23)c1.Cc1cc(-c2[c-]cccc2)ncc1[Si](C)(C)C.[Ir]. The molecule has 0 atom stereocenters. The van der Waals surface area contributed by atoms with Crippen LogP contribution in [0.15, 0.2) is 120 Å². The van der Waals surface area contributed by atoms with E-state index in [1.54, 1.807) is 0 Å². The molecule has 3 heterocycles. The number of nitrogens with zero attached hydrogens (tertiary/aromatic N) is 2. The van der Waals surface area contributed by atoms with Crippen LogP contribution in [0.5, 0.6) is 0 Å². The molecule has 0 saturated carbocycles. The molecule has 7 aromatic rings. The Hall–Kier alpha value is -4.15. The third-order valence-corrected chi connectivity index (χ3v) is 10.3. The first-order valence-electron chi connectivity index (χ1n) is 15.5. The second-order valence-corrected chi connectivity index (χ2v) is 17.8. The van der Waals surface area contributed by atoms with E-state index in [0.29, 0.717) is 5.92 Å². The van der Waals surface area contributed by atoms with Crippen LogP contribution in [-0.2, 0) is 20.1 Å². The largest absolute Gasteiger partial charge is 0.500 e. The van der Waals surface area contributed by atoms with Gasteiger partial charge in [0.15, 0.2) is 0 Å². The molecule has 0 bridgehead atoms. The first-order chi connectivity index (χ1) is 21.7. The molecule has 1 radical (unpaired) electrons. The zero-order valence-corrected chi connectivity index (χ0v) is 30.6. The number of pyridine rings is 2. The molecule has 0 spiro atoms. The molecule has 0 aliphatic rings. The Morgan fingerprint density at radius 2 is 1.48 bits per heavy atom. The van der Waals surface area contributed by atoms with Crippen molar-refractivity contribution in [3.63, 3.8) is 0 Å². The van der Waals surface area contributed by atoms with Gasteiger partial charge in [-0.3, -0.25) is 0 Å². The van der Waals surface area contributed by atoms with Crippen molar-refractivity contribution in [2.45, 2.75) is 46.3 Å². The van der Waals surface area contributed by atoms with Crippen molar-refractivity contribution in [1.82, 2.24) is 9.97 Å². The maximum absolute atomic E-state index is 6.45. The first-order valence-corrected chi connectivity index (χ1v) is 19.0. The zero-order valence-electron chi connectivity index (χ0n) is 27.2. The normalized spacial score (nSPS) is 11.3. The van der Waals surface area contributed by atoms with Crippen molar-refractivity contribution in [2.75, 3.05) is 0 Å². The van der Waals surface area contributed by atoms with Gasteiger partial charge in [0.05, 0.1) is 13.7 Å². The summed E-state index contributed by atoms with van der Waals surface area (Å²) >= 11 is 0. The fraction of sp³-hybridized carbons (Fsp3) is 0.171. The summed E-state index contributed by atoms with van der Waals surface area (Å²) in [6.45, 7) is 13.6. The number of furan rings is 1. The maximum atomic E-state index is 6.45. The van der Waals surface area contributed by atoms with E-state index in [0.717, 1.165) is 55.6 Å². The van der Waals surface area contributed by atoms with Crippen LogP contribution in [0.25, 0.3) is 55.6 Å². The molecule has 233 valence electrons. The number of hydrogen-bond donors (Lipinski definition) is 0. The molecule has 0 fully saturated rings. The maximum Gasteiger partial charge on any atom is 0.128 e. The van der Waals surface area contributed by atoms with E-state index in [2.05, 4.69) is 142 Å². The van der Waals surface area contributed by atoms with Crippen LogP contribution in [0.1, 0.15) is 30.9 Å². The second-order valence-electron chi connectivity index (χ2n) is 12.8. The molecular formula is C41H38IrN2OSi-2. The van der Waals surface area contributed by atoms with Gasteiger partial charge in [0.25, 0.3) is 0 Å². The Morgan fingerprint density at radius 1 is 0.717 bits per heavy atom. The van der Waals surface area contributed by atoms with Gasteiger partial charge in [-0.2, -0.15) is 0 Å². The molecule has 4 aromatic carbocycles. The smallest absolute Gasteiger partial charge is 0.128 e. The molecule has 46 heavy (non-hydrogen) atoms. The standard InChI is InChI=1S/C26H20NO.C15H18NSi.Ir/c1-17(2)19-14-15-27-24(16-19)23-13-7-12-22-21-11-6-10-20(25(21)28-26(22)23)18-8-4-3-5-9-18;1-12-10-14(13-8-6-5-7-9-13)16-11-15(12)17(2,3)4;/h3-12,14-17H,1-2H3;5-8,10-11H,1-4H3;/q2*-1;. The topological polar surface area (TPSA) is 38.9 Å². The van der Waals surface area contributed by atoms with Gasteiger partial charge in [-0.25, -0.2) is 0 Å². The van der Waals surface area contributed by atoms with Crippen molar-refractivity contribution in [2.24, 2.45) is 0 Å². The number of rotatable bonds is 5. The van der Waals surface area contributed by atoms with E-state index in [1.807, 2.05) is 36.5 Å². The van der Waals surface area contributed by atoms with Crippen LogP contribution in [0.2, 0.25) is 19.6 Å². The summed E-state index contributed by atoms with van der Waals surface area (Å²) in [6.07, 6.45) is 3.92. The van der Waals surface area contributed by atoms with E-state index < -0.39 is 8.07 Å². The van der Waals surface area contributed by atoms with E-state index in [1.165, 1.54) is 16.3 Å². The average molecular weight is 795 g/mol. The molecule has 0 N–H and O–H groups in total. The first kappa shape index (κ1) is 33.2. The van der Waals surface area contributed by atoms with E-state index >= 15 is 0 Å². The van der Waals surface area contributed by atoms with Gasteiger partial charge >= 0.3 is 0 Å². The monoisotopic (exact) mass is 795 g/mol. The van der Waals surface area contributed by atoms with Crippen LogP contribution in [-0.4, -0.2) is 18.0 Å². The molecule has 3 nitrogen and oxygen atoms in total. The summed E-state index contributed by atoms with van der Waals surface area (Å²) in [7, 11) is -1.27. The summed E-state index contributed by atoms with van der Waals surface area (Å²) in [4.78, 5) is 9.18. The molecule has 3 aromatic heterocycles. The van der Waals surface area contributed by atoms with Gasteiger partial charge < -0.3 is 14.4 Å². The van der Waals surface area contributed by atoms with Crippen LogP contribution in [0.3, 0.4) is 0 Å². The Balaban J connectivity index is 0.000000200. The van der Waals surface area contributed by atoms with Gasteiger partial charge in [-0.05, 0) is 41.0 Å². The third-order valence-electron chi connectivity index (χ3n) is 8.15. The Labute approximate surface area is 287 Å². The van der Waals surface area contributed by atoms with Gasteiger partial charge in [0.2, 0.25) is 0 Å².